The van der Waals surface area contributed by atoms with Gasteiger partial charge in [0.15, 0.2) is 0 Å². The highest BCUT2D eigenvalue weighted by molar-refractivity contribution is 6.33. The predicted octanol–water partition coefficient (Wildman–Crippen LogP) is 4.52. The summed E-state index contributed by atoms with van der Waals surface area (Å²) in [5, 5.41) is 12.4. The molecule has 0 amide bonds. The van der Waals surface area contributed by atoms with Gasteiger partial charge in [-0.25, -0.2) is 4.39 Å². The summed E-state index contributed by atoms with van der Waals surface area (Å²) in [5.41, 5.74) is 2.16. The van der Waals surface area contributed by atoms with Gasteiger partial charge in [-0.05, 0) is 42.8 Å². The molecule has 1 unspecified atom stereocenters. The van der Waals surface area contributed by atoms with Crippen molar-refractivity contribution in [3.63, 3.8) is 0 Å². The van der Waals surface area contributed by atoms with E-state index in [2.05, 4.69) is 11.4 Å². The average molecular weight is 275 g/mol. The lowest BCUT2D eigenvalue weighted by Crippen LogP contribution is -2.07. The molecule has 0 fully saturated rings. The van der Waals surface area contributed by atoms with Crippen LogP contribution in [0.5, 0.6) is 0 Å². The van der Waals surface area contributed by atoms with E-state index in [1.807, 2.05) is 19.1 Å². The number of benzene rings is 2. The molecule has 0 radical (unpaired) electrons. The van der Waals surface area contributed by atoms with Crippen molar-refractivity contribution in [2.24, 2.45) is 0 Å². The fraction of sp³-hybridized carbons (Fsp3) is 0.133. The van der Waals surface area contributed by atoms with Crippen LogP contribution in [0.2, 0.25) is 5.02 Å². The van der Waals surface area contributed by atoms with Crippen LogP contribution >= 0.6 is 11.6 Å². The van der Waals surface area contributed by atoms with Crippen LogP contribution in [-0.4, -0.2) is 0 Å². The van der Waals surface area contributed by atoms with Crippen LogP contribution in [0.15, 0.2) is 42.5 Å². The number of halogens is 2. The van der Waals surface area contributed by atoms with E-state index in [0.29, 0.717) is 16.3 Å². The number of hydrogen-bond acceptors (Lipinski definition) is 2. The third-order valence-corrected chi connectivity index (χ3v) is 3.17. The number of nitriles is 1. The molecule has 4 heteroatoms. The molecular weight excluding hydrogens is 263 g/mol. The molecule has 0 heterocycles. The van der Waals surface area contributed by atoms with E-state index in [9.17, 15) is 4.39 Å². The molecule has 0 aliphatic rings. The maximum atomic E-state index is 13.2. The molecule has 0 spiro atoms. The Hall–Kier alpha value is -2.05. The number of anilines is 1. The number of hydrogen-bond donors (Lipinski definition) is 1. The monoisotopic (exact) mass is 274 g/mol. The zero-order chi connectivity index (χ0) is 13.8. The molecule has 2 aromatic rings. The molecule has 1 N–H and O–H groups in total. The van der Waals surface area contributed by atoms with Gasteiger partial charge in [0.25, 0.3) is 0 Å². The summed E-state index contributed by atoms with van der Waals surface area (Å²) < 4.78 is 13.2. The molecular formula is C15H12ClFN2. The van der Waals surface area contributed by atoms with Gasteiger partial charge in [-0.15, -0.1) is 0 Å². The van der Waals surface area contributed by atoms with Gasteiger partial charge < -0.3 is 5.32 Å². The van der Waals surface area contributed by atoms with Gasteiger partial charge >= 0.3 is 0 Å². The smallest absolute Gasteiger partial charge is 0.125 e. The highest BCUT2D eigenvalue weighted by Gasteiger charge is 2.08. The molecule has 2 aromatic carbocycles. The molecule has 2 rings (SSSR count). The minimum atomic E-state index is -0.334. The zero-order valence-corrected chi connectivity index (χ0v) is 11.1. The summed E-state index contributed by atoms with van der Waals surface area (Å²) in [6.45, 7) is 1.95. The Kier molecular flexibility index (Phi) is 4.03. The average Bonchev–Trinajstić information content (AvgIpc) is 2.43. The van der Waals surface area contributed by atoms with Gasteiger partial charge in [0.05, 0.1) is 22.3 Å². The van der Waals surface area contributed by atoms with Crippen LogP contribution in [0.3, 0.4) is 0 Å². The Morgan fingerprint density at radius 3 is 2.53 bits per heavy atom. The van der Waals surface area contributed by atoms with Crippen molar-refractivity contribution in [2.45, 2.75) is 13.0 Å². The van der Waals surface area contributed by atoms with Crippen molar-refractivity contribution in [2.75, 3.05) is 5.32 Å². The molecule has 2 nitrogen and oxygen atoms in total. The summed E-state index contributed by atoms with van der Waals surface area (Å²) in [5.74, 6) is -0.334. The van der Waals surface area contributed by atoms with Crippen molar-refractivity contribution in [1.82, 2.24) is 0 Å². The maximum absolute atomic E-state index is 13.2. The topological polar surface area (TPSA) is 35.8 Å². The van der Waals surface area contributed by atoms with E-state index >= 15 is 0 Å². The fourth-order valence-corrected chi connectivity index (χ4v) is 1.94. The first-order valence-corrected chi connectivity index (χ1v) is 6.19. The Morgan fingerprint density at radius 1 is 1.21 bits per heavy atom. The minimum Gasteiger partial charge on any atom is -0.377 e. The summed E-state index contributed by atoms with van der Waals surface area (Å²) >= 11 is 6.00. The third kappa shape index (κ3) is 3.24. The second kappa shape index (κ2) is 5.73. The van der Waals surface area contributed by atoms with Crippen molar-refractivity contribution in [3.05, 3.63) is 64.4 Å². The standard InChI is InChI=1S/C15H12ClFN2/c1-10(12-4-2-11(9-18)3-5-12)19-15-8-13(17)6-7-14(15)16/h2-8,10,19H,1H3. The van der Waals surface area contributed by atoms with Crippen molar-refractivity contribution >= 4 is 17.3 Å². The van der Waals surface area contributed by atoms with Crippen LogP contribution in [0.25, 0.3) is 0 Å². The quantitative estimate of drug-likeness (QED) is 0.893. The molecule has 0 bridgehead atoms. The highest BCUT2D eigenvalue weighted by Crippen LogP contribution is 2.27. The zero-order valence-electron chi connectivity index (χ0n) is 10.3. The van der Waals surface area contributed by atoms with Gasteiger partial charge in [-0.1, -0.05) is 23.7 Å². The second-order valence-electron chi connectivity index (χ2n) is 4.22. The van der Waals surface area contributed by atoms with E-state index < -0.39 is 0 Å². The van der Waals surface area contributed by atoms with Crippen molar-refractivity contribution in [3.8, 4) is 6.07 Å². The minimum absolute atomic E-state index is 0.0351. The first-order chi connectivity index (χ1) is 9.10. The van der Waals surface area contributed by atoms with Crippen molar-refractivity contribution < 1.29 is 4.39 Å². The van der Waals surface area contributed by atoms with E-state index in [-0.39, 0.29) is 11.9 Å². The van der Waals surface area contributed by atoms with E-state index in [0.717, 1.165) is 5.56 Å². The fourth-order valence-electron chi connectivity index (χ4n) is 1.77. The van der Waals surface area contributed by atoms with E-state index in [4.69, 9.17) is 16.9 Å². The second-order valence-corrected chi connectivity index (χ2v) is 4.63. The Morgan fingerprint density at radius 2 is 1.89 bits per heavy atom. The Labute approximate surface area is 116 Å². The van der Waals surface area contributed by atoms with Crippen LogP contribution < -0.4 is 5.32 Å². The Balaban J connectivity index is 2.18. The van der Waals surface area contributed by atoms with Crippen LogP contribution in [0, 0.1) is 17.1 Å². The van der Waals surface area contributed by atoms with Gasteiger partial charge in [0, 0.05) is 6.04 Å². The summed E-state index contributed by atoms with van der Waals surface area (Å²) in [7, 11) is 0. The lowest BCUT2D eigenvalue weighted by Gasteiger charge is -2.16. The lowest BCUT2D eigenvalue weighted by atomic mass is 10.1. The molecule has 0 aliphatic heterocycles. The number of nitrogens with one attached hydrogen (secondary N) is 1. The molecule has 1 atom stereocenters. The van der Waals surface area contributed by atoms with Gasteiger partial charge in [-0.3, -0.25) is 0 Å². The highest BCUT2D eigenvalue weighted by atomic mass is 35.5. The molecule has 96 valence electrons. The van der Waals surface area contributed by atoms with Crippen LogP contribution in [0.4, 0.5) is 10.1 Å². The van der Waals surface area contributed by atoms with Crippen LogP contribution in [0.1, 0.15) is 24.1 Å². The van der Waals surface area contributed by atoms with Crippen LogP contribution in [-0.2, 0) is 0 Å². The summed E-state index contributed by atoms with van der Waals surface area (Å²) in [4.78, 5) is 0. The summed E-state index contributed by atoms with van der Waals surface area (Å²) in [6.07, 6.45) is 0. The maximum Gasteiger partial charge on any atom is 0.125 e. The normalized spacial score (nSPS) is 11.7. The van der Waals surface area contributed by atoms with E-state index in [1.54, 1.807) is 12.1 Å². The van der Waals surface area contributed by atoms with Crippen molar-refractivity contribution in [1.29, 1.82) is 5.26 Å². The van der Waals surface area contributed by atoms with Gasteiger partial charge in [0.2, 0.25) is 0 Å². The number of rotatable bonds is 3. The first-order valence-electron chi connectivity index (χ1n) is 5.82. The molecule has 0 aromatic heterocycles. The van der Waals surface area contributed by atoms with Gasteiger partial charge in [0.1, 0.15) is 5.82 Å². The predicted molar refractivity (Wildman–Crippen MR) is 74.6 cm³/mol. The molecule has 0 saturated carbocycles. The van der Waals surface area contributed by atoms with Gasteiger partial charge in [-0.2, -0.15) is 5.26 Å². The van der Waals surface area contributed by atoms with E-state index in [1.165, 1.54) is 18.2 Å². The Bertz CT molecular complexity index is 617. The molecule has 0 aliphatic carbocycles. The lowest BCUT2D eigenvalue weighted by molar-refractivity contribution is 0.628. The largest absolute Gasteiger partial charge is 0.377 e. The summed E-state index contributed by atoms with van der Waals surface area (Å²) in [6, 6.07) is 13.5. The SMILES string of the molecule is CC(Nc1cc(F)ccc1Cl)c1ccc(C#N)cc1. The molecule has 0 saturated heterocycles. The first kappa shape index (κ1) is 13.4. The number of nitrogens with zero attached hydrogens (tertiary/aromatic N) is 1. The third-order valence-electron chi connectivity index (χ3n) is 2.84. The molecule has 19 heavy (non-hydrogen) atoms.